The highest BCUT2D eigenvalue weighted by molar-refractivity contribution is 5.94. The lowest BCUT2D eigenvalue weighted by atomic mass is 10.2. The minimum absolute atomic E-state index is 0.0511. The minimum Gasteiger partial charge on any atom is -0.331 e. The molecule has 1 heterocycles. The third-order valence-electron chi connectivity index (χ3n) is 4.45. The molecule has 0 saturated heterocycles. The maximum atomic E-state index is 14.1. The average molecular weight is 371 g/mol. The molecule has 0 aliphatic carbocycles. The molecule has 0 saturated carbocycles. The van der Waals surface area contributed by atoms with Crippen LogP contribution in [0.2, 0.25) is 0 Å². The number of amides is 1. The van der Waals surface area contributed by atoms with Gasteiger partial charge in [0, 0.05) is 13.1 Å². The van der Waals surface area contributed by atoms with Crippen molar-refractivity contribution in [1.82, 2.24) is 14.5 Å². The number of benzene rings is 2. The van der Waals surface area contributed by atoms with Crippen LogP contribution >= 0.6 is 0 Å². The third-order valence-corrected chi connectivity index (χ3v) is 4.45. The summed E-state index contributed by atoms with van der Waals surface area (Å²) in [7, 11) is 0. The van der Waals surface area contributed by atoms with E-state index in [1.54, 1.807) is 23.1 Å². The fourth-order valence-corrected chi connectivity index (χ4v) is 3.24. The second-order valence-electron chi connectivity index (χ2n) is 6.52. The first-order valence-electron chi connectivity index (χ1n) is 9.23. The van der Waals surface area contributed by atoms with Crippen molar-refractivity contribution in [3.8, 4) is 0 Å². The van der Waals surface area contributed by atoms with E-state index in [9.17, 15) is 13.6 Å². The molecule has 3 rings (SSSR count). The van der Waals surface area contributed by atoms with Crippen LogP contribution in [0.15, 0.2) is 42.5 Å². The molecule has 6 heteroatoms. The number of aromatic nitrogens is 2. The van der Waals surface area contributed by atoms with Crippen molar-refractivity contribution in [2.45, 2.75) is 39.8 Å². The Hall–Kier alpha value is -2.76. The van der Waals surface area contributed by atoms with E-state index in [1.807, 2.05) is 18.4 Å². The lowest BCUT2D eigenvalue weighted by molar-refractivity contribution is 0.0732. The van der Waals surface area contributed by atoms with Crippen molar-refractivity contribution in [2.24, 2.45) is 0 Å². The average Bonchev–Trinajstić information content (AvgIpc) is 2.98. The Morgan fingerprint density at radius 3 is 2.59 bits per heavy atom. The van der Waals surface area contributed by atoms with Crippen LogP contribution in [-0.2, 0) is 13.1 Å². The van der Waals surface area contributed by atoms with Crippen LogP contribution in [0, 0.1) is 11.6 Å². The molecule has 0 aliphatic rings. The molecule has 0 atom stereocenters. The molecule has 3 aromatic rings. The van der Waals surface area contributed by atoms with Crippen molar-refractivity contribution in [2.75, 3.05) is 6.54 Å². The van der Waals surface area contributed by atoms with Gasteiger partial charge in [-0.3, -0.25) is 4.79 Å². The molecule has 4 nitrogen and oxygen atoms in total. The van der Waals surface area contributed by atoms with Gasteiger partial charge in [0.05, 0.1) is 23.1 Å². The van der Waals surface area contributed by atoms with Crippen LogP contribution in [-0.4, -0.2) is 26.9 Å². The monoisotopic (exact) mass is 371 g/mol. The number of rotatable bonds is 7. The molecular weight excluding hydrogens is 348 g/mol. The van der Waals surface area contributed by atoms with E-state index in [-0.39, 0.29) is 23.8 Å². The summed E-state index contributed by atoms with van der Waals surface area (Å²) in [5.74, 6) is -0.543. The summed E-state index contributed by atoms with van der Waals surface area (Å²) in [6.45, 7) is 5.40. The molecule has 27 heavy (non-hydrogen) atoms. The summed E-state index contributed by atoms with van der Waals surface area (Å²) >= 11 is 0. The molecule has 1 amide bonds. The molecule has 1 aromatic heterocycles. The second-order valence-corrected chi connectivity index (χ2v) is 6.52. The molecule has 2 aromatic carbocycles. The summed E-state index contributed by atoms with van der Waals surface area (Å²) in [5, 5.41) is 0. The highest BCUT2D eigenvalue weighted by atomic mass is 19.1. The fraction of sp³-hybridized carbons (Fsp3) is 0.333. The Morgan fingerprint density at radius 1 is 1.11 bits per heavy atom. The zero-order valence-electron chi connectivity index (χ0n) is 15.6. The van der Waals surface area contributed by atoms with Crippen molar-refractivity contribution < 1.29 is 13.6 Å². The maximum Gasteiger partial charge on any atom is 0.257 e. The first-order chi connectivity index (χ1) is 13.0. The number of imidazole rings is 1. The van der Waals surface area contributed by atoms with Crippen LogP contribution in [0.5, 0.6) is 0 Å². The largest absolute Gasteiger partial charge is 0.331 e. The number of halogens is 2. The molecule has 0 aliphatic heterocycles. The van der Waals surface area contributed by atoms with E-state index in [4.69, 9.17) is 0 Å². The van der Waals surface area contributed by atoms with Crippen LogP contribution in [0.25, 0.3) is 11.0 Å². The number of hydrogen-bond acceptors (Lipinski definition) is 2. The van der Waals surface area contributed by atoms with E-state index >= 15 is 0 Å². The summed E-state index contributed by atoms with van der Waals surface area (Å²) in [6.07, 6.45) is 1.59. The van der Waals surface area contributed by atoms with Gasteiger partial charge in [0.2, 0.25) is 0 Å². The topological polar surface area (TPSA) is 38.1 Å². The zero-order valence-corrected chi connectivity index (χ0v) is 15.6. The van der Waals surface area contributed by atoms with Gasteiger partial charge in [-0.15, -0.1) is 0 Å². The van der Waals surface area contributed by atoms with Gasteiger partial charge in [0.25, 0.3) is 5.91 Å². The van der Waals surface area contributed by atoms with E-state index in [1.165, 1.54) is 24.3 Å². The zero-order chi connectivity index (χ0) is 19.4. The molecule has 0 N–H and O–H groups in total. The number of aryl methyl sites for hydroxylation is 1. The van der Waals surface area contributed by atoms with Gasteiger partial charge in [-0.05, 0) is 43.2 Å². The van der Waals surface area contributed by atoms with Gasteiger partial charge in [-0.25, -0.2) is 13.8 Å². The van der Waals surface area contributed by atoms with Crippen molar-refractivity contribution in [3.05, 3.63) is 65.5 Å². The normalized spacial score (nSPS) is 11.1. The molecule has 0 unspecified atom stereocenters. The fourth-order valence-electron chi connectivity index (χ4n) is 3.24. The highest BCUT2D eigenvalue weighted by Crippen LogP contribution is 2.21. The predicted molar refractivity (Wildman–Crippen MR) is 101 cm³/mol. The van der Waals surface area contributed by atoms with Gasteiger partial charge in [-0.2, -0.15) is 0 Å². The quantitative estimate of drug-likeness (QED) is 0.600. The van der Waals surface area contributed by atoms with Crippen LogP contribution in [0.1, 0.15) is 42.9 Å². The van der Waals surface area contributed by atoms with E-state index in [0.29, 0.717) is 29.9 Å². The minimum atomic E-state index is -0.535. The number of carbonyl (C=O) groups is 1. The summed E-state index contributed by atoms with van der Waals surface area (Å²) < 4.78 is 29.7. The molecular formula is C21H23F2N3O. The third kappa shape index (κ3) is 3.99. The van der Waals surface area contributed by atoms with Crippen LogP contribution < -0.4 is 0 Å². The highest BCUT2D eigenvalue weighted by Gasteiger charge is 2.21. The Kier molecular flexibility index (Phi) is 5.84. The Labute approximate surface area is 157 Å². The first kappa shape index (κ1) is 19.0. The lowest BCUT2D eigenvalue weighted by Gasteiger charge is -2.22. The molecule has 142 valence electrons. The lowest BCUT2D eigenvalue weighted by Crippen LogP contribution is -2.33. The van der Waals surface area contributed by atoms with Crippen molar-refractivity contribution in [1.29, 1.82) is 0 Å². The van der Waals surface area contributed by atoms with E-state index < -0.39 is 5.82 Å². The number of hydrogen-bond donors (Lipinski definition) is 0. The van der Waals surface area contributed by atoms with Gasteiger partial charge in [0.15, 0.2) is 0 Å². The molecule has 0 fully saturated rings. The Balaban J connectivity index is 1.98. The second kappa shape index (κ2) is 8.29. The van der Waals surface area contributed by atoms with Crippen LogP contribution in [0.3, 0.4) is 0 Å². The number of nitrogens with zero attached hydrogens (tertiary/aromatic N) is 3. The smallest absolute Gasteiger partial charge is 0.257 e. The summed E-state index contributed by atoms with van der Waals surface area (Å²) in [5.41, 5.74) is 1.45. The summed E-state index contributed by atoms with van der Waals surface area (Å²) in [6, 6.07) is 10.5. The molecule has 0 radical (unpaired) electrons. The standard InChI is InChI=1S/C21H23F2N3O/c1-3-11-25(21(27)16-7-5-6-8-17(16)23)14-20-24-18-10-9-15(22)13-19(18)26(20)12-4-2/h5-10,13H,3-4,11-12,14H2,1-2H3. The van der Waals surface area contributed by atoms with E-state index in [0.717, 1.165) is 12.8 Å². The first-order valence-corrected chi connectivity index (χ1v) is 9.23. The van der Waals surface area contributed by atoms with E-state index in [2.05, 4.69) is 4.98 Å². The van der Waals surface area contributed by atoms with Gasteiger partial charge >= 0.3 is 0 Å². The Morgan fingerprint density at radius 2 is 1.89 bits per heavy atom. The van der Waals surface area contributed by atoms with Crippen molar-refractivity contribution in [3.63, 3.8) is 0 Å². The molecule has 0 bridgehead atoms. The number of fused-ring (bicyclic) bond motifs is 1. The number of carbonyl (C=O) groups excluding carboxylic acids is 1. The van der Waals surface area contributed by atoms with Gasteiger partial charge < -0.3 is 9.47 Å². The predicted octanol–water partition coefficient (Wildman–Crippen LogP) is 4.78. The van der Waals surface area contributed by atoms with Crippen LogP contribution in [0.4, 0.5) is 8.78 Å². The van der Waals surface area contributed by atoms with Gasteiger partial charge in [0.1, 0.15) is 17.5 Å². The summed E-state index contributed by atoms with van der Waals surface area (Å²) in [4.78, 5) is 19.1. The van der Waals surface area contributed by atoms with Crippen molar-refractivity contribution >= 4 is 16.9 Å². The van der Waals surface area contributed by atoms with Gasteiger partial charge in [-0.1, -0.05) is 26.0 Å². The maximum absolute atomic E-state index is 14.1. The SMILES string of the molecule is CCCN(Cc1nc2ccc(F)cc2n1CCC)C(=O)c1ccccc1F. The Bertz CT molecular complexity index is 952. The molecule has 0 spiro atoms.